The lowest BCUT2D eigenvalue weighted by atomic mass is 10.3. The maximum atomic E-state index is 11.4. The minimum absolute atomic E-state index is 0.149. The van der Waals surface area contributed by atoms with E-state index >= 15 is 0 Å². The summed E-state index contributed by atoms with van der Waals surface area (Å²) in [4.78, 5) is 11.4. The molecule has 0 saturated carbocycles. The third-order valence-corrected chi connectivity index (χ3v) is 2.56. The van der Waals surface area contributed by atoms with Crippen LogP contribution in [-0.4, -0.2) is 27.3 Å². The number of aromatic nitrogens is 3. The molecule has 0 saturated heterocycles. The molecule has 0 fully saturated rings. The van der Waals surface area contributed by atoms with E-state index in [1.807, 2.05) is 0 Å². The van der Waals surface area contributed by atoms with Crippen molar-refractivity contribution in [3.8, 4) is 5.75 Å². The first-order chi connectivity index (χ1) is 8.25. The zero-order valence-corrected chi connectivity index (χ0v) is 10.0. The first-order valence-electron chi connectivity index (χ1n) is 4.58. The summed E-state index contributed by atoms with van der Waals surface area (Å²) in [5.41, 5.74) is 0. The van der Waals surface area contributed by atoms with Crippen LogP contribution in [0.3, 0.4) is 0 Å². The second-order valence-corrected chi connectivity index (χ2v) is 4.07. The molecule has 0 radical (unpaired) electrons. The molecule has 17 heavy (non-hydrogen) atoms. The fourth-order valence-electron chi connectivity index (χ4n) is 1.04. The number of anilines is 1. The lowest BCUT2D eigenvalue weighted by Gasteiger charge is -2.06. The summed E-state index contributed by atoms with van der Waals surface area (Å²) in [7, 11) is 0. The van der Waals surface area contributed by atoms with Crippen molar-refractivity contribution in [2.24, 2.45) is 0 Å². The predicted molar refractivity (Wildman–Crippen MR) is 63.3 cm³/mol. The number of amides is 1. The maximum Gasteiger partial charge on any atom is 0.264 e. The van der Waals surface area contributed by atoms with Crippen LogP contribution in [0.25, 0.3) is 0 Å². The number of carbonyl (C=O) groups excluding carboxylic acids is 1. The highest BCUT2D eigenvalue weighted by Gasteiger charge is 2.07. The van der Waals surface area contributed by atoms with Crippen LogP contribution in [0.2, 0.25) is 5.02 Å². The van der Waals surface area contributed by atoms with E-state index in [0.717, 1.165) is 11.5 Å². The summed E-state index contributed by atoms with van der Waals surface area (Å²) < 4.78 is 8.75. The molecular formula is C9H7ClN4O2S. The Bertz CT molecular complexity index is 505. The molecule has 0 atom stereocenters. The van der Waals surface area contributed by atoms with Gasteiger partial charge in [-0.1, -0.05) is 33.3 Å². The molecule has 0 aliphatic carbocycles. The predicted octanol–water partition coefficient (Wildman–Crippen LogP) is 1.60. The van der Waals surface area contributed by atoms with Gasteiger partial charge in [-0.05, 0) is 17.3 Å². The van der Waals surface area contributed by atoms with Gasteiger partial charge in [0, 0.05) is 11.5 Å². The van der Waals surface area contributed by atoms with Crippen LogP contribution in [0.15, 0.2) is 24.3 Å². The van der Waals surface area contributed by atoms with Crippen molar-refractivity contribution in [1.29, 1.82) is 0 Å². The molecule has 0 bridgehead atoms. The fraction of sp³-hybridized carbons (Fsp3) is 0.111. The van der Waals surface area contributed by atoms with Crippen molar-refractivity contribution >= 4 is 34.2 Å². The zero-order chi connectivity index (χ0) is 12.1. The van der Waals surface area contributed by atoms with E-state index in [-0.39, 0.29) is 12.5 Å². The van der Waals surface area contributed by atoms with Crippen molar-refractivity contribution in [2.45, 2.75) is 0 Å². The molecule has 0 spiro atoms. The number of hydrogen-bond acceptors (Lipinski definition) is 6. The molecule has 2 rings (SSSR count). The van der Waals surface area contributed by atoms with Gasteiger partial charge in [0.25, 0.3) is 5.91 Å². The normalized spacial score (nSPS) is 9.94. The number of benzene rings is 1. The maximum absolute atomic E-state index is 11.4. The van der Waals surface area contributed by atoms with E-state index < -0.39 is 0 Å². The molecule has 2 aromatic rings. The van der Waals surface area contributed by atoms with E-state index in [2.05, 4.69) is 20.1 Å². The van der Waals surface area contributed by atoms with E-state index in [0.29, 0.717) is 15.9 Å². The minimum atomic E-state index is -0.344. The Morgan fingerprint density at radius 2 is 2.29 bits per heavy atom. The molecule has 0 aliphatic rings. The molecular weight excluding hydrogens is 264 g/mol. The lowest BCUT2D eigenvalue weighted by molar-refractivity contribution is -0.118. The number of halogens is 1. The first-order valence-corrected chi connectivity index (χ1v) is 5.73. The SMILES string of the molecule is O=C(COc1ccccc1Cl)Nc1nnns1. The van der Waals surface area contributed by atoms with Crippen LogP contribution in [0, 0.1) is 0 Å². The smallest absolute Gasteiger partial charge is 0.264 e. The van der Waals surface area contributed by atoms with Gasteiger partial charge in [-0.3, -0.25) is 10.1 Å². The number of para-hydroxylation sites is 1. The van der Waals surface area contributed by atoms with Crippen LogP contribution < -0.4 is 10.1 Å². The number of carbonyl (C=O) groups is 1. The number of hydrogen-bond donors (Lipinski definition) is 1. The van der Waals surface area contributed by atoms with Crippen LogP contribution in [0.4, 0.5) is 5.13 Å². The third kappa shape index (κ3) is 3.36. The lowest BCUT2D eigenvalue weighted by Crippen LogP contribution is -2.20. The number of rotatable bonds is 4. The summed E-state index contributed by atoms with van der Waals surface area (Å²) >= 11 is 6.85. The molecule has 8 heteroatoms. The monoisotopic (exact) mass is 270 g/mol. The molecule has 1 heterocycles. The van der Waals surface area contributed by atoms with Gasteiger partial charge >= 0.3 is 0 Å². The van der Waals surface area contributed by atoms with Gasteiger partial charge in [0.15, 0.2) is 6.61 Å². The fourth-order valence-corrected chi connectivity index (χ4v) is 1.62. The zero-order valence-electron chi connectivity index (χ0n) is 8.46. The summed E-state index contributed by atoms with van der Waals surface area (Å²) in [6.45, 7) is -0.149. The first kappa shape index (κ1) is 11.7. The van der Waals surface area contributed by atoms with Crippen LogP contribution in [-0.2, 0) is 4.79 Å². The van der Waals surface area contributed by atoms with E-state index in [4.69, 9.17) is 16.3 Å². The van der Waals surface area contributed by atoms with Gasteiger partial charge in [-0.2, -0.15) is 0 Å². The molecule has 1 aromatic carbocycles. The van der Waals surface area contributed by atoms with Gasteiger partial charge in [-0.25, -0.2) is 0 Å². The molecule has 6 nitrogen and oxygen atoms in total. The summed E-state index contributed by atoms with van der Waals surface area (Å²) in [5.74, 6) is 0.114. The van der Waals surface area contributed by atoms with E-state index in [9.17, 15) is 4.79 Å². The average Bonchev–Trinajstić information content (AvgIpc) is 2.81. The molecule has 1 aromatic heterocycles. The van der Waals surface area contributed by atoms with Gasteiger partial charge in [0.2, 0.25) is 5.13 Å². The molecule has 1 amide bonds. The second kappa shape index (κ2) is 5.55. The van der Waals surface area contributed by atoms with Crippen molar-refractivity contribution in [3.05, 3.63) is 29.3 Å². The Morgan fingerprint density at radius 1 is 1.47 bits per heavy atom. The van der Waals surface area contributed by atoms with Gasteiger partial charge in [0.1, 0.15) is 5.75 Å². The summed E-state index contributed by atoms with van der Waals surface area (Å²) in [6, 6.07) is 6.92. The van der Waals surface area contributed by atoms with Gasteiger partial charge in [0.05, 0.1) is 5.02 Å². The van der Waals surface area contributed by atoms with Gasteiger partial charge in [-0.15, -0.1) is 0 Å². The molecule has 0 aliphatic heterocycles. The Morgan fingerprint density at radius 3 is 3.00 bits per heavy atom. The van der Waals surface area contributed by atoms with Crippen molar-refractivity contribution < 1.29 is 9.53 Å². The van der Waals surface area contributed by atoms with E-state index in [1.165, 1.54) is 0 Å². The Hall–Kier alpha value is -1.73. The minimum Gasteiger partial charge on any atom is -0.482 e. The standard InChI is InChI=1S/C9H7ClN4O2S/c10-6-3-1-2-4-7(6)16-5-8(15)11-9-12-13-14-17-9/h1-4H,5H2,(H,11,12,14,15). The van der Waals surface area contributed by atoms with Crippen molar-refractivity contribution in [1.82, 2.24) is 14.8 Å². The van der Waals surface area contributed by atoms with Gasteiger partial charge < -0.3 is 4.74 Å². The number of ether oxygens (including phenoxy) is 1. The average molecular weight is 271 g/mol. The molecule has 0 unspecified atom stereocenters. The molecule has 1 N–H and O–H groups in total. The van der Waals surface area contributed by atoms with Crippen molar-refractivity contribution in [3.63, 3.8) is 0 Å². The Balaban J connectivity index is 1.86. The van der Waals surface area contributed by atoms with Crippen LogP contribution >= 0.6 is 23.1 Å². The van der Waals surface area contributed by atoms with E-state index in [1.54, 1.807) is 24.3 Å². The topological polar surface area (TPSA) is 77.0 Å². The third-order valence-electron chi connectivity index (χ3n) is 1.74. The summed E-state index contributed by atoms with van der Waals surface area (Å²) in [5, 5.41) is 10.2. The molecule has 88 valence electrons. The highest BCUT2D eigenvalue weighted by Crippen LogP contribution is 2.22. The largest absolute Gasteiger partial charge is 0.482 e. The quantitative estimate of drug-likeness (QED) is 0.913. The Kier molecular flexibility index (Phi) is 3.84. The van der Waals surface area contributed by atoms with Crippen LogP contribution in [0.1, 0.15) is 0 Å². The van der Waals surface area contributed by atoms with Crippen molar-refractivity contribution in [2.75, 3.05) is 11.9 Å². The number of nitrogens with zero attached hydrogens (tertiary/aromatic N) is 3. The Labute approximate surface area is 106 Å². The second-order valence-electron chi connectivity index (χ2n) is 2.93. The summed E-state index contributed by atoms with van der Waals surface area (Å²) in [6.07, 6.45) is 0. The number of nitrogens with one attached hydrogen (secondary N) is 1. The highest BCUT2D eigenvalue weighted by molar-refractivity contribution is 7.09. The van der Waals surface area contributed by atoms with Crippen LogP contribution in [0.5, 0.6) is 5.75 Å². The highest BCUT2D eigenvalue weighted by atomic mass is 35.5.